The highest BCUT2D eigenvalue weighted by atomic mass is 35.5. The molecule has 1 aromatic rings. The van der Waals surface area contributed by atoms with Gasteiger partial charge in [-0.05, 0) is 11.1 Å². The fourth-order valence-corrected chi connectivity index (χ4v) is 2.50. The molecule has 96 valence electrons. The first-order valence-electron chi connectivity index (χ1n) is 5.59. The standard InChI is InChI=1S/C13H13Cl2NO2/c14-5-10(15)7-16-6-9-3-1-2-4-11(9)12(8-16)13(17)18/h1-5,12H,6-8H2,(H,17,18). The summed E-state index contributed by atoms with van der Waals surface area (Å²) in [4.78, 5) is 13.3. The van der Waals surface area contributed by atoms with E-state index < -0.39 is 11.9 Å². The van der Waals surface area contributed by atoms with Crippen molar-refractivity contribution in [3.05, 3.63) is 46.0 Å². The maximum atomic E-state index is 11.3. The Morgan fingerprint density at radius 1 is 1.50 bits per heavy atom. The molecule has 0 radical (unpaired) electrons. The Labute approximate surface area is 116 Å². The summed E-state index contributed by atoms with van der Waals surface area (Å²) in [6.45, 7) is 1.62. The van der Waals surface area contributed by atoms with Crippen molar-refractivity contribution in [3.8, 4) is 0 Å². The van der Waals surface area contributed by atoms with Crippen molar-refractivity contribution in [2.75, 3.05) is 13.1 Å². The molecule has 3 nitrogen and oxygen atoms in total. The van der Waals surface area contributed by atoms with Gasteiger partial charge in [-0.15, -0.1) is 0 Å². The van der Waals surface area contributed by atoms with Crippen LogP contribution in [-0.2, 0) is 11.3 Å². The van der Waals surface area contributed by atoms with Gasteiger partial charge in [-0.3, -0.25) is 9.69 Å². The molecule has 0 spiro atoms. The van der Waals surface area contributed by atoms with Crippen LogP contribution in [0.15, 0.2) is 34.8 Å². The highest BCUT2D eigenvalue weighted by molar-refractivity contribution is 6.36. The minimum Gasteiger partial charge on any atom is -0.481 e. The SMILES string of the molecule is O=C(O)C1CN(CC(Cl)=CCl)Cc2ccccc21. The predicted octanol–water partition coefficient (Wildman–Crippen LogP) is 2.99. The van der Waals surface area contributed by atoms with Gasteiger partial charge in [0.1, 0.15) is 0 Å². The van der Waals surface area contributed by atoms with Gasteiger partial charge in [0, 0.05) is 30.2 Å². The first kappa shape index (κ1) is 13.4. The summed E-state index contributed by atoms with van der Waals surface area (Å²) in [6.07, 6.45) is 0. The molecule has 1 aliphatic rings. The molecule has 0 aliphatic carbocycles. The molecular formula is C13H13Cl2NO2. The molecule has 0 amide bonds. The Kier molecular flexibility index (Phi) is 4.27. The van der Waals surface area contributed by atoms with E-state index >= 15 is 0 Å². The number of carboxylic acid groups (broad SMARTS) is 1. The van der Waals surface area contributed by atoms with Crippen LogP contribution in [-0.4, -0.2) is 29.1 Å². The van der Waals surface area contributed by atoms with Crippen LogP contribution in [0.25, 0.3) is 0 Å². The first-order valence-corrected chi connectivity index (χ1v) is 6.41. The summed E-state index contributed by atoms with van der Waals surface area (Å²) in [5.74, 6) is -1.31. The summed E-state index contributed by atoms with van der Waals surface area (Å²) < 4.78 is 0. The molecule has 0 saturated carbocycles. The van der Waals surface area contributed by atoms with Crippen LogP contribution in [0.5, 0.6) is 0 Å². The zero-order valence-corrected chi connectivity index (χ0v) is 11.2. The van der Waals surface area contributed by atoms with E-state index in [1.807, 2.05) is 29.2 Å². The number of benzene rings is 1. The molecule has 0 fully saturated rings. The largest absolute Gasteiger partial charge is 0.481 e. The molecule has 0 aromatic heterocycles. The molecule has 1 aliphatic heterocycles. The van der Waals surface area contributed by atoms with Crippen LogP contribution < -0.4 is 0 Å². The smallest absolute Gasteiger partial charge is 0.312 e. The Bertz CT molecular complexity index is 488. The van der Waals surface area contributed by atoms with E-state index in [2.05, 4.69) is 0 Å². The van der Waals surface area contributed by atoms with E-state index in [9.17, 15) is 9.90 Å². The molecule has 0 bridgehead atoms. The lowest BCUT2D eigenvalue weighted by Gasteiger charge is -2.32. The fourth-order valence-electron chi connectivity index (χ4n) is 2.26. The lowest BCUT2D eigenvalue weighted by molar-refractivity contribution is -0.139. The summed E-state index contributed by atoms with van der Waals surface area (Å²) in [5, 5.41) is 9.81. The quantitative estimate of drug-likeness (QED) is 0.928. The Balaban J connectivity index is 2.26. The first-order chi connectivity index (χ1) is 8.61. The molecule has 1 heterocycles. The lowest BCUT2D eigenvalue weighted by Crippen LogP contribution is -2.37. The monoisotopic (exact) mass is 285 g/mol. The van der Waals surface area contributed by atoms with Gasteiger partial charge >= 0.3 is 5.97 Å². The van der Waals surface area contributed by atoms with Crippen molar-refractivity contribution in [1.82, 2.24) is 4.90 Å². The molecular weight excluding hydrogens is 273 g/mol. The average Bonchev–Trinajstić information content (AvgIpc) is 2.37. The fraction of sp³-hybridized carbons (Fsp3) is 0.308. The van der Waals surface area contributed by atoms with Gasteiger partial charge in [0.25, 0.3) is 0 Å². The number of fused-ring (bicyclic) bond motifs is 1. The third-order valence-corrected chi connectivity index (χ3v) is 3.66. The summed E-state index contributed by atoms with van der Waals surface area (Å²) in [6, 6.07) is 7.62. The van der Waals surface area contributed by atoms with Crippen molar-refractivity contribution in [3.63, 3.8) is 0 Å². The minimum atomic E-state index is -0.807. The van der Waals surface area contributed by atoms with Crippen LogP contribution in [0.1, 0.15) is 17.0 Å². The van der Waals surface area contributed by atoms with Gasteiger partial charge in [-0.25, -0.2) is 0 Å². The highest BCUT2D eigenvalue weighted by Gasteiger charge is 2.30. The Morgan fingerprint density at radius 3 is 2.89 bits per heavy atom. The third kappa shape index (κ3) is 2.86. The van der Waals surface area contributed by atoms with Crippen LogP contribution >= 0.6 is 23.2 Å². The summed E-state index contributed by atoms with van der Waals surface area (Å²) >= 11 is 11.4. The topological polar surface area (TPSA) is 40.5 Å². The van der Waals surface area contributed by atoms with Gasteiger partial charge in [-0.2, -0.15) is 0 Å². The molecule has 1 atom stereocenters. The molecule has 1 N–H and O–H groups in total. The second-order valence-electron chi connectivity index (χ2n) is 4.32. The normalized spacial score (nSPS) is 20.6. The van der Waals surface area contributed by atoms with Gasteiger partial charge < -0.3 is 5.11 Å². The molecule has 5 heteroatoms. The summed E-state index contributed by atoms with van der Waals surface area (Å²) in [5.41, 5.74) is 3.25. The predicted molar refractivity (Wildman–Crippen MR) is 71.9 cm³/mol. The van der Waals surface area contributed by atoms with Crippen molar-refractivity contribution in [1.29, 1.82) is 0 Å². The second-order valence-corrected chi connectivity index (χ2v) is 5.02. The van der Waals surface area contributed by atoms with Crippen LogP contribution in [0.2, 0.25) is 0 Å². The number of carboxylic acids is 1. The number of halogens is 2. The molecule has 2 rings (SSSR count). The molecule has 1 aromatic carbocycles. The zero-order valence-electron chi connectivity index (χ0n) is 9.64. The number of hydrogen-bond donors (Lipinski definition) is 1. The number of rotatable bonds is 3. The van der Waals surface area contributed by atoms with Crippen LogP contribution in [0.3, 0.4) is 0 Å². The van der Waals surface area contributed by atoms with E-state index in [1.54, 1.807) is 0 Å². The van der Waals surface area contributed by atoms with Crippen LogP contribution in [0, 0.1) is 0 Å². The van der Waals surface area contributed by atoms with Crippen molar-refractivity contribution >= 4 is 29.2 Å². The lowest BCUT2D eigenvalue weighted by atomic mass is 9.90. The van der Waals surface area contributed by atoms with E-state index in [-0.39, 0.29) is 0 Å². The van der Waals surface area contributed by atoms with Gasteiger partial charge in [-0.1, -0.05) is 47.5 Å². The highest BCUT2D eigenvalue weighted by Crippen LogP contribution is 2.29. The van der Waals surface area contributed by atoms with E-state index in [0.29, 0.717) is 24.7 Å². The van der Waals surface area contributed by atoms with Gasteiger partial charge in [0.2, 0.25) is 0 Å². The Morgan fingerprint density at radius 2 is 2.22 bits per heavy atom. The number of carbonyl (C=O) groups is 1. The number of aliphatic carboxylic acids is 1. The van der Waals surface area contributed by atoms with E-state index in [1.165, 1.54) is 5.54 Å². The second kappa shape index (κ2) is 5.74. The van der Waals surface area contributed by atoms with Crippen molar-refractivity contribution in [2.45, 2.75) is 12.5 Å². The molecule has 18 heavy (non-hydrogen) atoms. The van der Waals surface area contributed by atoms with Crippen LogP contribution in [0.4, 0.5) is 0 Å². The minimum absolute atomic E-state index is 0.452. The third-order valence-electron chi connectivity index (χ3n) is 3.06. The average molecular weight is 286 g/mol. The van der Waals surface area contributed by atoms with E-state index in [0.717, 1.165) is 11.1 Å². The maximum absolute atomic E-state index is 11.3. The van der Waals surface area contributed by atoms with Gasteiger partial charge in [0.15, 0.2) is 0 Å². The van der Waals surface area contributed by atoms with Crippen molar-refractivity contribution in [2.24, 2.45) is 0 Å². The van der Waals surface area contributed by atoms with Gasteiger partial charge in [0.05, 0.1) is 5.92 Å². The zero-order chi connectivity index (χ0) is 13.1. The number of nitrogens with zero attached hydrogens (tertiary/aromatic N) is 1. The molecule has 1 unspecified atom stereocenters. The van der Waals surface area contributed by atoms with E-state index in [4.69, 9.17) is 23.2 Å². The van der Waals surface area contributed by atoms with Crippen molar-refractivity contribution < 1.29 is 9.90 Å². The Hall–Kier alpha value is -1.03. The molecule has 0 saturated heterocycles. The maximum Gasteiger partial charge on any atom is 0.312 e. The summed E-state index contributed by atoms with van der Waals surface area (Å²) in [7, 11) is 0. The number of hydrogen-bond acceptors (Lipinski definition) is 2.